The fourth-order valence-corrected chi connectivity index (χ4v) is 3.12. The SMILES string of the molecule is Cc1ccc(-n2cnnc2SCc2nc(-c3ccco3)no2)cc1Cl. The summed E-state index contributed by atoms with van der Waals surface area (Å²) < 4.78 is 12.4. The van der Waals surface area contributed by atoms with Crippen LogP contribution in [0.25, 0.3) is 17.3 Å². The first-order valence-electron chi connectivity index (χ1n) is 7.36. The minimum Gasteiger partial charge on any atom is -0.461 e. The molecule has 0 unspecified atom stereocenters. The van der Waals surface area contributed by atoms with Crippen LogP contribution in [0.2, 0.25) is 5.02 Å². The van der Waals surface area contributed by atoms with E-state index in [1.807, 2.05) is 29.7 Å². The molecular formula is C16H12ClN5O2S. The van der Waals surface area contributed by atoms with Gasteiger partial charge in [-0.15, -0.1) is 10.2 Å². The first-order valence-corrected chi connectivity index (χ1v) is 8.73. The predicted molar refractivity (Wildman–Crippen MR) is 92.7 cm³/mol. The molecule has 3 aromatic heterocycles. The molecular weight excluding hydrogens is 362 g/mol. The lowest BCUT2D eigenvalue weighted by molar-refractivity contribution is 0.390. The molecule has 3 heterocycles. The number of aromatic nitrogens is 5. The van der Waals surface area contributed by atoms with Gasteiger partial charge in [-0.3, -0.25) is 4.57 Å². The van der Waals surface area contributed by atoms with Gasteiger partial charge < -0.3 is 8.94 Å². The summed E-state index contributed by atoms with van der Waals surface area (Å²) in [4.78, 5) is 4.31. The molecule has 0 saturated heterocycles. The van der Waals surface area contributed by atoms with Crippen LogP contribution in [0.5, 0.6) is 0 Å². The van der Waals surface area contributed by atoms with Crippen LogP contribution in [0.3, 0.4) is 0 Å². The summed E-state index contributed by atoms with van der Waals surface area (Å²) in [7, 11) is 0. The molecule has 0 aliphatic heterocycles. The van der Waals surface area contributed by atoms with Crippen LogP contribution in [-0.2, 0) is 5.75 Å². The maximum atomic E-state index is 6.20. The van der Waals surface area contributed by atoms with Crippen molar-refractivity contribution in [2.75, 3.05) is 0 Å². The molecule has 0 spiro atoms. The Morgan fingerprint density at radius 2 is 2.20 bits per heavy atom. The van der Waals surface area contributed by atoms with Gasteiger partial charge in [-0.25, -0.2) is 0 Å². The number of benzene rings is 1. The molecule has 126 valence electrons. The maximum Gasteiger partial charge on any atom is 0.238 e. The molecule has 9 heteroatoms. The Hall–Kier alpha value is -2.58. The molecule has 0 bridgehead atoms. The summed E-state index contributed by atoms with van der Waals surface area (Å²) >= 11 is 7.65. The van der Waals surface area contributed by atoms with Crippen LogP contribution in [0.15, 0.2) is 57.0 Å². The molecule has 0 aliphatic rings. The lowest BCUT2D eigenvalue weighted by Crippen LogP contribution is -1.96. The zero-order valence-corrected chi connectivity index (χ0v) is 14.7. The summed E-state index contributed by atoms with van der Waals surface area (Å²) in [6, 6.07) is 9.36. The summed E-state index contributed by atoms with van der Waals surface area (Å²) in [5.74, 6) is 1.93. The van der Waals surface area contributed by atoms with Gasteiger partial charge in [0.05, 0.1) is 17.7 Å². The number of hydrogen-bond donors (Lipinski definition) is 0. The molecule has 4 rings (SSSR count). The molecule has 0 fully saturated rings. The highest BCUT2D eigenvalue weighted by Crippen LogP contribution is 2.26. The fraction of sp³-hybridized carbons (Fsp3) is 0.125. The molecule has 0 saturated carbocycles. The van der Waals surface area contributed by atoms with E-state index in [9.17, 15) is 0 Å². The Morgan fingerprint density at radius 3 is 3.00 bits per heavy atom. The Balaban J connectivity index is 1.51. The van der Waals surface area contributed by atoms with Gasteiger partial charge in [0.1, 0.15) is 6.33 Å². The topological polar surface area (TPSA) is 82.8 Å². The monoisotopic (exact) mass is 373 g/mol. The molecule has 0 radical (unpaired) electrons. The van der Waals surface area contributed by atoms with E-state index in [1.54, 1.807) is 24.7 Å². The second-order valence-electron chi connectivity index (χ2n) is 5.19. The number of hydrogen-bond acceptors (Lipinski definition) is 7. The van der Waals surface area contributed by atoms with Crippen LogP contribution in [0, 0.1) is 6.92 Å². The molecule has 0 aliphatic carbocycles. The number of nitrogens with zero attached hydrogens (tertiary/aromatic N) is 5. The van der Waals surface area contributed by atoms with Crippen molar-refractivity contribution in [2.24, 2.45) is 0 Å². The normalized spacial score (nSPS) is 11.1. The van der Waals surface area contributed by atoms with E-state index in [1.165, 1.54) is 11.8 Å². The van der Waals surface area contributed by atoms with Gasteiger partial charge in [-0.05, 0) is 36.8 Å². The van der Waals surface area contributed by atoms with Gasteiger partial charge in [-0.1, -0.05) is 34.6 Å². The average Bonchev–Trinajstić information content (AvgIpc) is 3.36. The second kappa shape index (κ2) is 6.73. The van der Waals surface area contributed by atoms with E-state index in [4.69, 9.17) is 20.5 Å². The summed E-state index contributed by atoms with van der Waals surface area (Å²) in [6.45, 7) is 1.96. The summed E-state index contributed by atoms with van der Waals surface area (Å²) in [5, 5.41) is 13.4. The molecule has 0 atom stereocenters. The largest absolute Gasteiger partial charge is 0.461 e. The van der Waals surface area contributed by atoms with Crippen LogP contribution in [0.4, 0.5) is 0 Å². The van der Waals surface area contributed by atoms with Crippen molar-refractivity contribution in [1.82, 2.24) is 24.9 Å². The van der Waals surface area contributed by atoms with E-state index in [0.717, 1.165) is 11.3 Å². The molecule has 4 aromatic rings. The molecule has 25 heavy (non-hydrogen) atoms. The van der Waals surface area contributed by atoms with Crippen molar-refractivity contribution in [2.45, 2.75) is 17.8 Å². The third-order valence-corrected chi connectivity index (χ3v) is 4.82. The van der Waals surface area contributed by atoms with Crippen molar-refractivity contribution in [3.8, 4) is 17.3 Å². The lowest BCUT2D eigenvalue weighted by Gasteiger charge is -2.07. The van der Waals surface area contributed by atoms with E-state index < -0.39 is 0 Å². The van der Waals surface area contributed by atoms with Gasteiger partial charge in [0.25, 0.3) is 0 Å². The minimum absolute atomic E-state index is 0.424. The van der Waals surface area contributed by atoms with E-state index in [2.05, 4.69) is 20.3 Å². The highest BCUT2D eigenvalue weighted by molar-refractivity contribution is 7.98. The maximum absolute atomic E-state index is 6.20. The first-order chi connectivity index (χ1) is 12.2. The van der Waals surface area contributed by atoms with E-state index in [0.29, 0.717) is 33.4 Å². The third kappa shape index (κ3) is 3.31. The Labute approximate surface area is 152 Å². The Bertz CT molecular complexity index is 996. The molecule has 7 nitrogen and oxygen atoms in total. The second-order valence-corrected chi connectivity index (χ2v) is 6.54. The Morgan fingerprint density at radius 1 is 1.28 bits per heavy atom. The number of furan rings is 1. The van der Waals surface area contributed by atoms with Gasteiger partial charge in [0.15, 0.2) is 10.9 Å². The third-order valence-electron chi connectivity index (χ3n) is 3.48. The molecule has 0 amide bonds. The van der Waals surface area contributed by atoms with Crippen LogP contribution >= 0.6 is 23.4 Å². The van der Waals surface area contributed by atoms with Crippen molar-refractivity contribution >= 4 is 23.4 Å². The van der Waals surface area contributed by atoms with Crippen LogP contribution < -0.4 is 0 Å². The average molecular weight is 374 g/mol. The quantitative estimate of drug-likeness (QED) is 0.485. The highest BCUT2D eigenvalue weighted by atomic mass is 35.5. The van der Waals surface area contributed by atoms with Crippen molar-refractivity contribution in [1.29, 1.82) is 0 Å². The van der Waals surface area contributed by atoms with E-state index >= 15 is 0 Å². The fourth-order valence-electron chi connectivity index (χ4n) is 2.18. The number of thioether (sulfide) groups is 1. The zero-order valence-electron chi connectivity index (χ0n) is 13.1. The van der Waals surface area contributed by atoms with Crippen molar-refractivity contribution in [3.05, 3.63) is 59.4 Å². The smallest absolute Gasteiger partial charge is 0.238 e. The summed E-state index contributed by atoms with van der Waals surface area (Å²) in [6.07, 6.45) is 3.21. The van der Waals surface area contributed by atoms with Crippen molar-refractivity contribution < 1.29 is 8.94 Å². The standard InChI is InChI=1S/C16H12ClN5O2S/c1-10-4-5-11(7-12(10)17)22-9-18-20-16(22)25-8-14-19-15(21-24-14)13-3-2-6-23-13/h2-7,9H,8H2,1H3. The molecule has 1 aromatic carbocycles. The van der Waals surface area contributed by atoms with Crippen LogP contribution in [0.1, 0.15) is 11.5 Å². The van der Waals surface area contributed by atoms with Crippen molar-refractivity contribution in [3.63, 3.8) is 0 Å². The lowest BCUT2D eigenvalue weighted by atomic mass is 10.2. The van der Waals surface area contributed by atoms with Gasteiger partial charge in [0, 0.05) is 5.02 Å². The van der Waals surface area contributed by atoms with Gasteiger partial charge in [0.2, 0.25) is 11.7 Å². The number of halogens is 1. The molecule has 0 N–H and O–H groups in total. The highest BCUT2D eigenvalue weighted by Gasteiger charge is 2.14. The zero-order chi connectivity index (χ0) is 17.2. The first kappa shape index (κ1) is 15.9. The van der Waals surface area contributed by atoms with E-state index in [-0.39, 0.29) is 0 Å². The number of rotatable bonds is 5. The predicted octanol–water partition coefficient (Wildman–Crippen LogP) is 4.16. The van der Waals surface area contributed by atoms with Gasteiger partial charge in [-0.2, -0.15) is 4.98 Å². The van der Waals surface area contributed by atoms with Crippen LogP contribution in [-0.4, -0.2) is 24.9 Å². The number of aryl methyl sites for hydroxylation is 1. The van der Waals surface area contributed by atoms with Gasteiger partial charge >= 0.3 is 0 Å². The Kier molecular flexibility index (Phi) is 4.29. The summed E-state index contributed by atoms with van der Waals surface area (Å²) in [5.41, 5.74) is 1.91. The minimum atomic E-state index is 0.424.